The van der Waals surface area contributed by atoms with Crippen LogP contribution in [0.5, 0.6) is 0 Å². The molecule has 176 valence electrons. The average molecular weight is 480 g/mol. The zero-order chi connectivity index (χ0) is 23.5. The van der Waals surface area contributed by atoms with E-state index in [0.29, 0.717) is 29.7 Å². The molecule has 0 radical (unpaired) electrons. The zero-order valence-electron chi connectivity index (χ0n) is 18.7. The Morgan fingerprint density at radius 1 is 1.12 bits per heavy atom. The first kappa shape index (κ1) is 22.6. The van der Waals surface area contributed by atoms with E-state index in [0.717, 1.165) is 55.8 Å². The topological polar surface area (TPSA) is 91.6 Å². The molecule has 1 aromatic heterocycles. The van der Waals surface area contributed by atoms with Gasteiger partial charge >= 0.3 is 0 Å². The van der Waals surface area contributed by atoms with Crippen molar-refractivity contribution in [2.75, 3.05) is 29.9 Å². The van der Waals surface area contributed by atoms with Gasteiger partial charge in [0, 0.05) is 40.8 Å². The Kier molecular flexibility index (Phi) is 6.60. The van der Waals surface area contributed by atoms with Crippen LogP contribution in [0, 0.1) is 5.92 Å². The fraction of sp³-hybridized carbons (Fsp3) is 0.360. The van der Waals surface area contributed by atoms with Crippen LogP contribution in [0.15, 0.2) is 53.1 Å². The van der Waals surface area contributed by atoms with Crippen molar-refractivity contribution in [2.45, 2.75) is 32.2 Å². The van der Waals surface area contributed by atoms with E-state index >= 15 is 0 Å². The predicted octanol–water partition coefficient (Wildman–Crippen LogP) is 4.37. The number of halogens is 1. The Morgan fingerprint density at radius 3 is 2.65 bits per heavy atom. The minimum absolute atomic E-state index is 0.0207. The lowest BCUT2D eigenvalue weighted by atomic mass is 9.96. The summed E-state index contributed by atoms with van der Waals surface area (Å²) in [6.45, 7) is 2.84. The molecule has 0 bridgehead atoms. The number of nitrogens with one attached hydrogen (secondary N) is 1. The molecule has 3 heterocycles. The lowest BCUT2D eigenvalue weighted by molar-refractivity contribution is -0.121. The van der Waals surface area contributed by atoms with Crippen molar-refractivity contribution in [3.63, 3.8) is 0 Å². The van der Waals surface area contributed by atoms with Gasteiger partial charge in [0.15, 0.2) is 0 Å². The van der Waals surface area contributed by atoms with Crippen molar-refractivity contribution < 1.29 is 14.1 Å². The van der Waals surface area contributed by atoms with E-state index in [2.05, 4.69) is 20.4 Å². The maximum atomic E-state index is 12.9. The minimum atomic E-state index is -0.0550. The number of hydrogen-bond acceptors (Lipinski definition) is 6. The standard InChI is InChI=1S/C25H26ClN5O3/c26-19-8-6-17(7-9-19)24-28-22(34-29-24)16-30-13-10-18(11-14-30)25(33)27-20-3-1-4-21(15-20)31-12-2-5-23(31)32/h1,3-4,6-9,15,18H,2,5,10-14,16H2,(H,27,33). The second kappa shape index (κ2) is 9.95. The lowest BCUT2D eigenvalue weighted by Gasteiger charge is -2.30. The van der Waals surface area contributed by atoms with Gasteiger partial charge in [0.2, 0.25) is 23.5 Å². The van der Waals surface area contributed by atoms with E-state index in [-0.39, 0.29) is 17.7 Å². The first-order valence-corrected chi connectivity index (χ1v) is 11.9. The molecule has 0 atom stereocenters. The van der Waals surface area contributed by atoms with Gasteiger partial charge in [-0.1, -0.05) is 22.8 Å². The number of rotatable bonds is 6. The Morgan fingerprint density at radius 2 is 1.91 bits per heavy atom. The molecule has 2 aromatic carbocycles. The molecule has 0 aliphatic carbocycles. The molecule has 2 saturated heterocycles. The zero-order valence-corrected chi connectivity index (χ0v) is 19.5. The van der Waals surface area contributed by atoms with E-state index in [1.165, 1.54) is 0 Å². The molecule has 3 aromatic rings. The number of amides is 2. The van der Waals surface area contributed by atoms with Gasteiger partial charge in [0.05, 0.1) is 6.54 Å². The quantitative estimate of drug-likeness (QED) is 0.564. The first-order chi connectivity index (χ1) is 16.5. The molecule has 9 heteroatoms. The SMILES string of the molecule is O=C(Nc1cccc(N2CCCC2=O)c1)C1CCN(Cc2nc(-c3ccc(Cl)cc3)no2)CC1. The number of piperidine rings is 1. The molecule has 2 amide bonds. The maximum Gasteiger partial charge on any atom is 0.241 e. The van der Waals surface area contributed by atoms with E-state index < -0.39 is 0 Å². The van der Waals surface area contributed by atoms with Gasteiger partial charge in [-0.25, -0.2) is 0 Å². The van der Waals surface area contributed by atoms with Gasteiger partial charge < -0.3 is 14.7 Å². The van der Waals surface area contributed by atoms with Gasteiger partial charge in [0.25, 0.3) is 0 Å². The largest absolute Gasteiger partial charge is 0.338 e. The monoisotopic (exact) mass is 479 g/mol. The number of benzene rings is 2. The highest BCUT2D eigenvalue weighted by Crippen LogP contribution is 2.26. The van der Waals surface area contributed by atoms with Crippen molar-refractivity contribution in [1.82, 2.24) is 15.0 Å². The summed E-state index contributed by atoms with van der Waals surface area (Å²) in [6.07, 6.45) is 2.98. The van der Waals surface area contributed by atoms with E-state index in [1.807, 2.05) is 36.4 Å². The number of aromatic nitrogens is 2. The summed E-state index contributed by atoms with van der Waals surface area (Å²) in [7, 11) is 0. The number of anilines is 2. The molecule has 5 rings (SSSR count). The predicted molar refractivity (Wildman–Crippen MR) is 129 cm³/mol. The summed E-state index contributed by atoms with van der Waals surface area (Å²) < 4.78 is 5.42. The highest BCUT2D eigenvalue weighted by Gasteiger charge is 2.27. The van der Waals surface area contributed by atoms with Gasteiger partial charge in [-0.15, -0.1) is 0 Å². The van der Waals surface area contributed by atoms with Crippen molar-refractivity contribution in [1.29, 1.82) is 0 Å². The van der Waals surface area contributed by atoms with E-state index in [9.17, 15) is 9.59 Å². The van der Waals surface area contributed by atoms with Gasteiger partial charge in [0.1, 0.15) is 0 Å². The van der Waals surface area contributed by atoms with Crippen LogP contribution in [-0.2, 0) is 16.1 Å². The lowest BCUT2D eigenvalue weighted by Crippen LogP contribution is -2.37. The summed E-state index contributed by atoms with van der Waals surface area (Å²) in [5.41, 5.74) is 2.42. The Labute approximate surface area is 202 Å². The van der Waals surface area contributed by atoms with Crippen molar-refractivity contribution in [2.24, 2.45) is 5.92 Å². The van der Waals surface area contributed by atoms with Crippen LogP contribution in [0.1, 0.15) is 31.6 Å². The molecule has 0 spiro atoms. The van der Waals surface area contributed by atoms with Crippen molar-refractivity contribution >= 4 is 34.8 Å². The number of carbonyl (C=O) groups excluding carboxylic acids is 2. The molecule has 0 unspecified atom stereocenters. The van der Waals surface area contributed by atoms with Crippen LogP contribution in [0.3, 0.4) is 0 Å². The summed E-state index contributed by atoms with van der Waals surface area (Å²) in [6, 6.07) is 14.8. The molecule has 2 fully saturated rings. The third kappa shape index (κ3) is 5.13. The minimum Gasteiger partial charge on any atom is -0.338 e. The molecular formula is C25H26ClN5O3. The summed E-state index contributed by atoms with van der Waals surface area (Å²) in [4.78, 5) is 33.4. The first-order valence-electron chi connectivity index (χ1n) is 11.6. The molecule has 2 aliphatic rings. The van der Waals surface area contributed by atoms with Gasteiger partial charge in [-0.05, 0) is 74.8 Å². The average Bonchev–Trinajstić information content (AvgIpc) is 3.49. The molecule has 0 saturated carbocycles. The number of carbonyl (C=O) groups is 2. The van der Waals surface area contributed by atoms with Crippen LogP contribution in [0.2, 0.25) is 5.02 Å². The maximum absolute atomic E-state index is 12.9. The highest BCUT2D eigenvalue weighted by atomic mass is 35.5. The van der Waals surface area contributed by atoms with E-state index in [1.54, 1.807) is 17.0 Å². The van der Waals surface area contributed by atoms with Crippen molar-refractivity contribution in [3.05, 3.63) is 59.4 Å². The Bertz CT molecular complexity index is 1170. The summed E-state index contributed by atoms with van der Waals surface area (Å²) in [5, 5.41) is 7.76. The van der Waals surface area contributed by atoms with E-state index in [4.69, 9.17) is 16.1 Å². The molecular weight excluding hydrogens is 454 g/mol. The van der Waals surface area contributed by atoms with Gasteiger partial charge in [-0.3, -0.25) is 14.5 Å². The second-order valence-electron chi connectivity index (χ2n) is 8.76. The Balaban J connectivity index is 1.13. The number of hydrogen-bond donors (Lipinski definition) is 1. The number of nitrogens with zero attached hydrogens (tertiary/aromatic N) is 4. The highest BCUT2D eigenvalue weighted by molar-refractivity contribution is 6.30. The Hall–Kier alpha value is -3.23. The third-order valence-corrected chi connectivity index (χ3v) is 6.64. The van der Waals surface area contributed by atoms with Crippen LogP contribution in [0.25, 0.3) is 11.4 Å². The smallest absolute Gasteiger partial charge is 0.241 e. The fourth-order valence-electron chi connectivity index (χ4n) is 4.50. The second-order valence-corrected chi connectivity index (χ2v) is 9.19. The normalized spacial score (nSPS) is 17.3. The molecule has 34 heavy (non-hydrogen) atoms. The van der Waals surface area contributed by atoms with Crippen LogP contribution in [0.4, 0.5) is 11.4 Å². The summed E-state index contributed by atoms with van der Waals surface area (Å²) in [5.74, 6) is 1.20. The van der Waals surface area contributed by atoms with Crippen LogP contribution >= 0.6 is 11.6 Å². The van der Waals surface area contributed by atoms with Gasteiger partial charge in [-0.2, -0.15) is 4.98 Å². The fourth-order valence-corrected chi connectivity index (χ4v) is 4.62. The third-order valence-electron chi connectivity index (χ3n) is 6.39. The molecule has 1 N–H and O–H groups in total. The number of likely N-dealkylation sites (tertiary alicyclic amines) is 1. The molecule has 2 aliphatic heterocycles. The van der Waals surface area contributed by atoms with Crippen LogP contribution < -0.4 is 10.2 Å². The summed E-state index contributed by atoms with van der Waals surface area (Å²) >= 11 is 5.94. The van der Waals surface area contributed by atoms with Crippen molar-refractivity contribution in [3.8, 4) is 11.4 Å². The van der Waals surface area contributed by atoms with Crippen LogP contribution in [-0.4, -0.2) is 46.5 Å². The molecule has 8 nitrogen and oxygen atoms in total.